The van der Waals surface area contributed by atoms with Gasteiger partial charge in [0.05, 0.1) is 16.7 Å². The second-order valence-electron chi connectivity index (χ2n) is 10.9. The molecule has 1 N–H and O–H groups in total. The number of nitro groups is 1. The molecule has 1 heterocycles. The van der Waals surface area contributed by atoms with E-state index >= 15 is 0 Å². The van der Waals surface area contributed by atoms with Gasteiger partial charge in [-0.3, -0.25) is 10.1 Å². The van der Waals surface area contributed by atoms with Crippen molar-refractivity contribution in [1.29, 1.82) is 0 Å². The Kier molecular flexibility index (Phi) is 5.07. The Balaban J connectivity index is 1.27. The molecule has 4 aliphatic carbocycles. The summed E-state index contributed by atoms with van der Waals surface area (Å²) in [6, 6.07) is 2.88. The highest BCUT2D eigenvalue weighted by Crippen LogP contribution is 2.65. The number of rotatable bonds is 3. The van der Waals surface area contributed by atoms with E-state index in [-0.39, 0.29) is 17.2 Å². The van der Waals surface area contributed by atoms with Crippen molar-refractivity contribution in [2.24, 2.45) is 39.7 Å². The standard InChI is InChI=1S/C24H33N3O4/c1-23-11-9-16(26-31-22-8-4-17(14-25-22)27(29)30)13-15(23)3-5-18-19-6-7-21(28)24(19,2)12-10-20(18)23/h4,8,14-15,18-21,28H,3,5-7,9-13H2,1-2H3/b26-16+/t15-,18-,19-,20-,21-,23-,24-/m0/s1. The zero-order valence-electron chi connectivity index (χ0n) is 18.5. The highest BCUT2D eigenvalue weighted by molar-refractivity contribution is 5.85. The van der Waals surface area contributed by atoms with Crippen molar-refractivity contribution in [3.8, 4) is 5.88 Å². The van der Waals surface area contributed by atoms with Crippen LogP contribution >= 0.6 is 0 Å². The minimum atomic E-state index is -0.471. The van der Waals surface area contributed by atoms with Crippen LogP contribution in [0.1, 0.15) is 71.6 Å². The summed E-state index contributed by atoms with van der Waals surface area (Å²) in [6.07, 6.45) is 11.2. The van der Waals surface area contributed by atoms with Gasteiger partial charge in [-0.15, -0.1) is 0 Å². The molecule has 31 heavy (non-hydrogen) atoms. The molecule has 0 unspecified atom stereocenters. The number of fused-ring (bicyclic) bond motifs is 5. The molecule has 1 aromatic heterocycles. The van der Waals surface area contributed by atoms with Crippen LogP contribution in [0, 0.1) is 44.6 Å². The molecular weight excluding hydrogens is 394 g/mol. The fourth-order valence-electron chi connectivity index (χ4n) is 7.76. The number of nitrogens with zero attached hydrogens (tertiary/aromatic N) is 3. The summed E-state index contributed by atoms with van der Waals surface area (Å²) in [7, 11) is 0. The van der Waals surface area contributed by atoms with Crippen molar-refractivity contribution in [1.82, 2.24) is 4.98 Å². The summed E-state index contributed by atoms with van der Waals surface area (Å²) in [6.45, 7) is 4.85. The van der Waals surface area contributed by atoms with Crippen LogP contribution in [0.15, 0.2) is 23.5 Å². The maximum Gasteiger partial charge on any atom is 0.287 e. The van der Waals surface area contributed by atoms with Crippen LogP contribution in [-0.4, -0.2) is 26.8 Å². The third-order valence-corrected chi connectivity index (χ3v) is 9.65. The molecule has 0 radical (unpaired) electrons. The lowest BCUT2D eigenvalue weighted by atomic mass is 9.45. The van der Waals surface area contributed by atoms with Crippen LogP contribution in [0.3, 0.4) is 0 Å². The predicted molar refractivity (Wildman–Crippen MR) is 117 cm³/mol. The van der Waals surface area contributed by atoms with Crippen molar-refractivity contribution >= 4 is 11.4 Å². The molecule has 1 aromatic rings. The number of hydrogen-bond acceptors (Lipinski definition) is 6. The summed E-state index contributed by atoms with van der Waals surface area (Å²) >= 11 is 0. The SMILES string of the molecule is C[C@]12CC/C(=N\Oc3ccc([N+](=O)[O-])cn3)C[C@@H]1CC[C@@H]1[C@@H]2CC[C@]2(C)[C@@H](O)CC[C@@H]12. The van der Waals surface area contributed by atoms with E-state index in [9.17, 15) is 15.2 Å². The lowest BCUT2D eigenvalue weighted by molar-refractivity contribution is -0.385. The van der Waals surface area contributed by atoms with E-state index in [4.69, 9.17) is 4.84 Å². The Morgan fingerprint density at radius 2 is 1.94 bits per heavy atom. The quantitative estimate of drug-likeness (QED) is 0.533. The number of oxime groups is 1. The molecular formula is C24H33N3O4. The summed E-state index contributed by atoms with van der Waals surface area (Å²) < 4.78 is 0. The number of hydrogen-bond donors (Lipinski definition) is 1. The van der Waals surface area contributed by atoms with Crippen molar-refractivity contribution in [3.05, 3.63) is 28.4 Å². The van der Waals surface area contributed by atoms with Gasteiger partial charge >= 0.3 is 0 Å². The number of aliphatic hydroxyl groups is 1. The second kappa shape index (κ2) is 7.54. The van der Waals surface area contributed by atoms with Gasteiger partial charge in [-0.2, -0.15) is 0 Å². The first kappa shape index (κ1) is 20.9. The van der Waals surface area contributed by atoms with Gasteiger partial charge in [0.1, 0.15) is 6.20 Å². The van der Waals surface area contributed by atoms with E-state index in [1.165, 1.54) is 44.0 Å². The lowest BCUT2D eigenvalue weighted by Crippen LogP contribution is -2.54. The maximum absolute atomic E-state index is 10.8. The topological polar surface area (TPSA) is 97.9 Å². The monoisotopic (exact) mass is 427 g/mol. The van der Waals surface area contributed by atoms with Crippen molar-refractivity contribution in [2.75, 3.05) is 0 Å². The van der Waals surface area contributed by atoms with E-state index in [1.54, 1.807) is 0 Å². The molecule has 7 heteroatoms. The molecule has 0 aliphatic heterocycles. The summed E-state index contributed by atoms with van der Waals surface area (Å²) in [4.78, 5) is 19.8. The number of aromatic nitrogens is 1. The fourth-order valence-corrected chi connectivity index (χ4v) is 7.76. The van der Waals surface area contributed by atoms with E-state index in [0.29, 0.717) is 23.1 Å². The first-order valence-electron chi connectivity index (χ1n) is 11.8. The van der Waals surface area contributed by atoms with Crippen molar-refractivity contribution in [2.45, 2.75) is 77.7 Å². The molecule has 168 valence electrons. The minimum absolute atomic E-state index is 0.0523. The normalized spacial score (nSPS) is 43.1. The minimum Gasteiger partial charge on any atom is -0.393 e. The van der Waals surface area contributed by atoms with Gasteiger partial charge in [-0.05, 0) is 92.3 Å². The van der Waals surface area contributed by atoms with Crippen LogP contribution < -0.4 is 4.84 Å². The second-order valence-corrected chi connectivity index (χ2v) is 10.9. The first-order chi connectivity index (χ1) is 14.8. The van der Waals surface area contributed by atoms with Gasteiger partial charge in [0.25, 0.3) is 5.69 Å². The van der Waals surface area contributed by atoms with Gasteiger partial charge in [0, 0.05) is 12.1 Å². The highest BCUT2D eigenvalue weighted by Gasteiger charge is 2.59. The molecule has 5 rings (SSSR count). The summed E-state index contributed by atoms with van der Waals surface area (Å²) in [5.74, 6) is 3.13. The molecule has 0 bridgehead atoms. The molecule has 7 nitrogen and oxygen atoms in total. The molecule has 0 spiro atoms. The van der Waals surface area contributed by atoms with Gasteiger partial charge < -0.3 is 9.94 Å². The molecule has 4 aliphatic rings. The third-order valence-electron chi connectivity index (χ3n) is 9.65. The zero-order valence-corrected chi connectivity index (χ0v) is 18.5. The Morgan fingerprint density at radius 3 is 2.68 bits per heavy atom. The maximum atomic E-state index is 10.8. The largest absolute Gasteiger partial charge is 0.393 e. The van der Waals surface area contributed by atoms with Crippen LogP contribution in [-0.2, 0) is 0 Å². The third kappa shape index (κ3) is 3.36. The van der Waals surface area contributed by atoms with E-state index < -0.39 is 4.92 Å². The van der Waals surface area contributed by atoms with Crippen LogP contribution in [0.2, 0.25) is 0 Å². The smallest absolute Gasteiger partial charge is 0.287 e. The van der Waals surface area contributed by atoms with E-state index in [0.717, 1.165) is 49.7 Å². The Morgan fingerprint density at radius 1 is 1.13 bits per heavy atom. The number of aliphatic hydroxyl groups excluding tert-OH is 1. The Bertz CT molecular complexity index is 887. The molecule has 0 amide bonds. The van der Waals surface area contributed by atoms with Gasteiger partial charge in [0.2, 0.25) is 5.88 Å². The Labute approximate surface area is 183 Å². The average Bonchev–Trinajstić information content (AvgIpc) is 3.07. The molecule has 0 saturated heterocycles. The van der Waals surface area contributed by atoms with E-state index in [1.807, 2.05) is 0 Å². The van der Waals surface area contributed by atoms with Crippen molar-refractivity contribution < 1.29 is 14.9 Å². The van der Waals surface area contributed by atoms with Crippen molar-refractivity contribution in [3.63, 3.8) is 0 Å². The van der Waals surface area contributed by atoms with Crippen LogP contribution in [0.4, 0.5) is 5.69 Å². The summed E-state index contributed by atoms with van der Waals surface area (Å²) in [5.41, 5.74) is 1.52. The number of pyridine rings is 1. The van der Waals surface area contributed by atoms with Crippen LogP contribution in [0.25, 0.3) is 0 Å². The van der Waals surface area contributed by atoms with Gasteiger partial charge in [0.15, 0.2) is 0 Å². The predicted octanol–water partition coefficient (Wildman–Crippen LogP) is 5.13. The van der Waals surface area contributed by atoms with Gasteiger partial charge in [-0.1, -0.05) is 19.0 Å². The molecule has 4 saturated carbocycles. The summed E-state index contributed by atoms with van der Waals surface area (Å²) in [5, 5.41) is 25.8. The Hall–Kier alpha value is -2.02. The first-order valence-corrected chi connectivity index (χ1v) is 11.8. The molecule has 0 aromatic carbocycles. The average molecular weight is 428 g/mol. The van der Waals surface area contributed by atoms with Gasteiger partial charge in [-0.25, -0.2) is 4.98 Å². The lowest BCUT2D eigenvalue weighted by Gasteiger charge is -2.60. The highest BCUT2D eigenvalue weighted by atomic mass is 16.6. The zero-order chi connectivity index (χ0) is 21.8. The van der Waals surface area contributed by atoms with E-state index in [2.05, 4.69) is 24.0 Å². The molecule has 4 fully saturated rings. The molecule has 7 atom stereocenters. The van der Waals surface area contributed by atoms with Crippen LogP contribution in [0.5, 0.6) is 5.88 Å². The fraction of sp³-hybridized carbons (Fsp3) is 0.750.